The topological polar surface area (TPSA) is 100 Å². The van der Waals surface area contributed by atoms with E-state index >= 15 is 0 Å². The van der Waals surface area contributed by atoms with Crippen LogP contribution in [0.25, 0.3) is 10.4 Å². The largest absolute Gasteiger partial charge is 0.451 e. The van der Waals surface area contributed by atoms with Crippen molar-refractivity contribution in [1.29, 1.82) is 5.26 Å². The van der Waals surface area contributed by atoms with Crippen LogP contribution in [0.1, 0.15) is 41.1 Å². The molecular formula is C23H25N3O4S. The standard InChI is InChI=1S/C23H25N3O4S/c1-23(2)18-10-14(4-6-17(18)22(28)30-23)20-7-5-16(31-20)11-15(12-24)26-21(27)19-13-25-8-3-9-29-19/h4-7,10,15,19,25H,3,8-9,11,13H2,1-2H3,(H,26,27). The smallest absolute Gasteiger partial charge is 0.339 e. The van der Waals surface area contributed by atoms with Crippen molar-refractivity contribution in [2.24, 2.45) is 0 Å². The molecule has 2 aromatic rings. The highest BCUT2D eigenvalue weighted by atomic mass is 32.1. The normalized spacial score (nSPS) is 20.8. The summed E-state index contributed by atoms with van der Waals surface area (Å²) in [5.41, 5.74) is 1.84. The fraction of sp³-hybridized carbons (Fsp3) is 0.435. The molecule has 8 heteroatoms. The van der Waals surface area contributed by atoms with Crippen LogP contribution in [0.2, 0.25) is 0 Å². The average Bonchev–Trinajstić information content (AvgIpc) is 3.16. The van der Waals surface area contributed by atoms with E-state index in [4.69, 9.17) is 9.47 Å². The average molecular weight is 440 g/mol. The SMILES string of the molecule is CC1(C)OC(=O)c2ccc(-c3ccc(CC(C#N)NC(=O)C4CNCCCO4)s3)cc21. The van der Waals surface area contributed by atoms with Crippen LogP contribution in [0.3, 0.4) is 0 Å². The lowest BCUT2D eigenvalue weighted by Crippen LogP contribution is -2.46. The molecular weight excluding hydrogens is 414 g/mol. The molecule has 0 spiro atoms. The molecule has 0 saturated carbocycles. The number of fused-ring (bicyclic) bond motifs is 1. The Labute approximate surface area is 185 Å². The summed E-state index contributed by atoms with van der Waals surface area (Å²) in [6.07, 6.45) is 0.714. The van der Waals surface area contributed by atoms with Crippen LogP contribution in [0.5, 0.6) is 0 Å². The third-order valence-electron chi connectivity index (χ3n) is 5.50. The van der Waals surface area contributed by atoms with Gasteiger partial charge in [-0.15, -0.1) is 11.3 Å². The summed E-state index contributed by atoms with van der Waals surface area (Å²) >= 11 is 1.57. The maximum Gasteiger partial charge on any atom is 0.339 e. The molecule has 4 rings (SSSR count). The van der Waals surface area contributed by atoms with Crippen LogP contribution in [0.15, 0.2) is 30.3 Å². The lowest BCUT2D eigenvalue weighted by Gasteiger charge is -2.18. The number of nitrogens with zero attached hydrogens (tertiary/aromatic N) is 1. The number of nitriles is 1. The van der Waals surface area contributed by atoms with Crippen LogP contribution < -0.4 is 10.6 Å². The zero-order valence-corrected chi connectivity index (χ0v) is 18.4. The summed E-state index contributed by atoms with van der Waals surface area (Å²) in [5, 5.41) is 15.5. The highest BCUT2D eigenvalue weighted by molar-refractivity contribution is 7.15. The Hall–Kier alpha value is -2.73. The molecule has 7 nitrogen and oxygen atoms in total. The number of hydrogen-bond donors (Lipinski definition) is 2. The number of hydrogen-bond acceptors (Lipinski definition) is 7. The zero-order chi connectivity index (χ0) is 22.0. The van der Waals surface area contributed by atoms with Gasteiger partial charge in [0.25, 0.3) is 5.91 Å². The van der Waals surface area contributed by atoms with Gasteiger partial charge in [-0.05, 0) is 56.6 Å². The lowest BCUT2D eigenvalue weighted by molar-refractivity contribution is -0.132. The lowest BCUT2D eigenvalue weighted by atomic mass is 9.94. The van der Waals surface area contributed by atoms with Crippen LogP contribution >= 0.6 is 11.3 Å². The predicted molar refractivity (Wildman–Crippen MR) is 117 cm³/mol. The first-order valence-electron chi connectivity index (χ1n) is 10.4. The van der Waals surface area contributed by atoms with Crippen LogP contribution in [-0.2, 0) is 26.3 Å². The van der Waals surface area contributed by atoms with Crippen molar-refractivity contribution in [3.05, 3.63) is 46.3 Å². The Morgan fingerprint density at radius 1 is 1.39 bits per heavy atom. The van der Waals surface area contributed by atoms with Gasteiger partial charge in [-0.2, -0.15) is 5.26 Å². The number of thiophene rings is 1. The fourth-order valence-corrected chi connectivity index (χ4v) is 4.89. The molecule has 2 unspecified atom stereocenters. The minimum atomic E-state index is -0.645. The van der Waals surface area contributed by atoms with Gasteiger partial charge >= 0.3 is 5.97 Å². The quantitative estimate of drug-likeness (QED) is 0.695. The second-order valence-electron chi connectivity index (χ2n) is 8.24. The van der Waals surface area contributed by atoms with E-state index in [9.17, 15) is 14.9 Å². The Morgan fingerprint density at radius 3 is 3.03 bits per heavy atom. The number of carbonyl (C=O) groups is 2. The number of ether oxygens (including phenoxy) is 2. The van der Waals surface area contributed by atoms with E-state index in [1.807, 2.05) is 38.1 Å². The number of carbonyl (C=O) groups excluding carboxylic acids is 2. The zero-order valence-electron chi connectivity index (χ0n) is 17.6. The van der Waals surface area contributed by atoms with Gasteiger partial charge in [0, 0.05) is 34.9 Å². The second-order valence-corrected chi connectivity index (χ2v) is 9.41. The van der Waals surface area contributed by atoms with Gasteiger partial charge in [0.2, 0.25) is 0 Å². The van der Waals surface area contributed by atoms with Crippen molar-refractivity contribution < 1.29 is 19.1 Å². The summed E-state index contributed by atoms with van der Waals surface area (Å²) in [6.45, 7) is 5.57. The highest BCUT2D eigenvalue weighted by Gasteiger charge is 2.37. The van der Waals surface area contributed by atoms with Crippen LogP contribution in [0.4, 0.5) is 0 Å². The van der Waals surface area contributed by atoms with Gasteiger partial charge in [0.1, 0.15) is 17.7 Å². The van der Waals surface area contributed by atoms with Crippen LogP contribution in [-0.4, -0.2) is 43.7 Å². The Kier molecular flexibility index (Phi) is 6.10. The Bertz CT molecular complexity index is 1030. The molecule has 31 heavy (non-hydrogen) atoms. The van der Waals surface area contributed by atoms with Crippen molar-refractivity contribution >= 4 is 23.2 Å². The molecule has 1 saturated heterocycles. The van der Waals surface area contributed by atoms with E-state index in [1.54, 1.807) is 17.4 Å². The minimum Gasteiger partial charge on any atom is -0.451 e. The summed E-state index contributed by atoms with van der Waals surface area (Å²) in [4.78, 5) is 26.5. The summed E-state index contributed by atoms with van der Waals surface area (Å²) in [7, 11) is 0. The maximum absolute atomic E-state index is 12.5. The second kappa shape index (κ2) is 8.79. The number of rotatable bonds is 5. The Morgan fingerprint density at radius 2 is 2.23 bits per heavy atom. The predicted octanol–water partition coefficient (Wildman–Crippen LogP) is 2.75. The highest BCUT2D eigenvalue weighted by Crippen LogP contribution is 2.39. The molecule has 2 atom stereocenters. The molecule has 1 fully saturated rings. The van der Waals surface area contributed by atoms with E-state index in [2.05, 4.69) is 16.7 Å². The number of esters is 1. The Balaban J connectivity index is 1.44. The molecule has 1 aromatic carbocycles. The number of amides is 1. The van der Waals surface area contributed by atoms with Gasteiger partial charge in [-0.1, -0.05) is 6.07 Å². The molecule has 2 N–H and O–H groups in total. The number of nitrogens with one attached hydrogen (secondary N) is 2. The van der Waals surface area contributed by atoms with Crippen LogP contribution in [0, 0.1) is 11.3 Å². The van der Waals surface area contributed by atoms with Crippen molar-refractivity contribution in [2.45, 2.75) is 44.4 Å². The summed E-state index contributed by atoms with van der Waals surface area (Å²) < 4.78 is 11.0. The molecule has 0 radical (unpaired) electrons. The van der Waals surface area contributed by atoms with E-state index < -0.39 is 17.7 Å². The van der Waals surface area contributed by atoms with E-state index in [0.29, 0.717) is 25.1 Å². The molecule has 2 aliphatic heterocycles. The number of benzene rings is 1. The molecule has 0 aliphatic carbocycles. The van der Waals surface area contributed by atoms with Gasteiger partial charge in [0.05, 0.1) is 11.6 Å². The first-order chi connectivity index (χ1) is 14.9. The molecule has 0 bridgehead atoms. The van der Waals surface area contributed by atoms with Crippen molar-refractivity contribution in [3.63, 3.8) is 0 Å². The minimum absolute atomic E-state index is 0.261. The van der Waals surface area contributed by atoms with Gasteiger partial charge in [-0.3, -0.25) is 4.79 Å². The first kappa shape index (κ1) is 21.5. The van der Waals surface area contributed by atoms with E-state index in [1.165, 1.54) is 0 Å². The molecule has 1 aromatic heterocycles. The third-order valence-corrected chi connectivity index (χ3v) is 6.66. The van der Waals surface area contributed by atoms with E-state index in [0.717, 1.165) is 33.8 Å². The van der Waals surface area contributed by atoms with Gasteiger partial charge in [0.15, 0.2) is 0 Å². The summed E-state index contributed by atoms with van der Waals surface area (Å²) in [5.74, 6) is -0.554. The fourth-order valence-electron chi connectivity index (χ4n) is 3.84. The molecule has 162 valence electrons. The molecule has 2 aliphatic rings. The van der Waals surface area contributed by atoms with Crippen molar-refractivity contribution in [2.75, 3.05) is 19.7 Å². The van der Waals surface area contributed by atoms with Crippen molar-refractivity contribution in [1.82, 2.24) is 10.6 Å². The van der Waals surface area contributed by atoms with E-state index in [-0.39, 0.29) is 11.9 Å². The first-order valence-corrected chi connectivity index (χ1v) is 11.2. The number of cyclic esters (lactones) is 1. The summed E-state index contributed by atoms with van der Waals surface area (Å²) in [6, 6.07) is 11.2. The monoisotopic (exact) mass is 439 g/mol. The van der Waals surface area contributed by atoms with Crippen molar-refractivity contribution in [3.8, 4) is 16.5 Å². The van der Waals surface area contributed by atoms with Gasteiger partial charge < -0.3 is 20.1 Å². The molecule has 3 heterocycles. The van der Waals surface area contributed by atoms with Gasteiger partial charge in [-0.25, -0.2) is 4.79 Å². The maximum atomic E-state index is 12.5. The third kappa shape index (κ3) is 4.64. The molecule has 1 amide bonds.